The SMILES string of the molecule is C=CC(=O)Nc1ccc(C(=O)N2CC(S(=O)(=O)CC)C2)cc1. The lowest BCUT2D eigenvalue weighted by molar-refractivity contribution is -0.111. The minimum Gasteiger partial charge on any atom is -0.336 e. The molecule has 1 aromatic rings. The van der Waals surface area contributed by atoms with E-state index in [9.17, 15) is 18.0 Å². The van der Waals surface area contributed by atoms with Crippen LogP contribution < -0.4 is 5.32 Å². The molecule has 0 atom stereocenters. The molecule has 0 bridgehead atoms. The highest BCUT2D eigenvalue weighted by molar-refractivity contribution is 7.92. The molecule has 0 aliphatic carbocycles. The molecule has 1 N–H and O–H groups in total. The molecule has 22 heavy (non-hydrogen) atoms. The molecule has 1 saturated heterocycles. The van der Waals surface area contributed by atoms with Crippen LogP contribution in [0, 0.1) is 0 Å². The van der Waals surface area contributed by atoms with E-state index in [1.54, 1.807) is 31.2 Å². The first-order valence-corrected chi connectivity index (χ1v) is 8.63. The number of nitrogens with zero attached hydrogens (tertiary/aromatic N) is 1. The Bertz CT molecular complexity index is 689. The summed E-state index contributed by atoms with van der Waals surface area (Å²) in [7, 11) is -3.08. The molecular formula is C15H18N2O4S. The summed E-state index contributed by atoms with van der Waals surface area (Å²) >= 11 is 0. The second-order valence-corrected chi connectivity index (χ2v) is 7.62. The van der Waals surface area contributed by atoms with Gasteiger partial charge in [-0.2, -0.15) is 0 Å². The van der Waals surface area contributed by atoms with Crippen molar-refractivity contribution >= 4 is 27.3 Å². The minimum atomic E-state index is -3.08. The van der Waals surface area contributed by atoms with Gasteiger partial charge in [0.25, 0.3) is 5.91 Å². The standard InChI is InChI=1S/C15H18N2O4S/c1-3-14(18)16-12-7-5-11(6-8-12)15(19)17-9-13(10-17)22(20,21)4-2/h3,5-8,13H,1,4,9-10H2,2H3,(H,16,18). The van der Waals surface area contributed by atoms with Crippen LogP contribution in [0.3, 0.4) is 0 Å². The molecule has 2 rings (SSSR count). The van der Waals surface area contributed by atoms with E-state index >= 15 is 0 Å². The lowest BCUT2D eigenvalue weighted by Gasteiger charge is -2.38. The van der Waals surface area contributed by atoms with Gasteiger partial charge in [0.05, 0.1) is 5.25 Å². The van der Waals surface area contributed by atoms with Crippen molar-refractivity contribution in [1.29, 1.82) is 0 Å². The van der Waals surface area contributed by atoms with Gasteiger partial charge in [0, 0.05) is 30.1 Å². The van der Waals surface area contributed by atoms with Crippen molar-refractivity contribution in [3.63, 3.8) is 0 Å². The van der Waals surface area contributed by atoms with Gasteiger partial charge in [-0.05, 0) is 30.3 Å². The maximum atomic E-state index is 12.2. The van der Waals surface area contributed by atoms with Crippen molar-refractivity contribution in [3.05, 3.63) is 42.5 Å². The number of carbonyl (C=O) groups excluding carboxylic acids is 2. The molecule has 1 fully saturated rings. The highest BCUT2D eigenvalue weighted by Gasteiger charge is 2.38. The van der Waals surface area contributed by atoms with Crippen molar-refractivity contribution < 1.29 is 18.0 Å². The van der Waals surface area contributed by atoms with Crippen LogP contribution in [0.2, 0.25) is 0 Å². The van der Waals surface area contributed by atoms with E-state index < -0.39 is 15.1 Å². The average molecular weight is 322 g/mol. The van der Waals surface area contributed by atoms with E-state index in [1.807, 2.05) is 0 Å². The monoisotopic (exact) mass is 322 g/mol. The van der Waals surface area contributed by atoms with Gasteiger partial charge < -0.3 is 10.2 Å². The van der Waals surface area contributed by atoms with Crippen LogP contribution in [-0.2, 0) is 14.6 Å². The number of carbonyl (C=O) groups is 2. The van der Waals surface area contributed by atoms with Crippen LogP contribution in [0.1, 0.15) is 17.3 Å². The zero-order valence-corrected chi connectivity index (χ0v) is 13.1. The second-order valence-electron chi connectivity index (χ2n) is 5.05. The van der Waals surface area contributed by atoms with Gasteiger partial charge in [0.15, 0.2) is 9.84 Å². The summed E-state index contributed by atoms with van der Waals surface area (Å²) in [6.07, 6.45) is 1.16. The molecule has 1 aliphatic rings. The molecule has 1 aromatic carbocycles. The van der Waals surface area contributed by atoms with Crippen LogP contribution >= 0.6 is 0 Å². The number of sulfone groups is 1. The van der Waals surface area contributed by atoms with Gasteiger partial charge in [-0.25, -0.2) is 8.42 Å². The predicted molar refractivity (Wildman–Crippen MR) is 84.4 cm³/mol. The van der Waals surface area contributed by atoms with Gasteiger partial charge in [-0.1, -0.05) is 13.5 Å². The molecule has 0 saturated carbocycles. The van der Waals surface area contributed by atoms with Crippen LogP contribution in [0.5, 0.6) is 0 Å². The number of amides is 2. The summed E-state index contributed by atoms with van der Waals surface area (Å²) in [5.41, 5.74) is 1.03. The molecule has 118 valence electrons. The molecule has 6 nitrogen and oxygen atoms in total. The molecule has 0 radical (unpaired) electrons. The van der Waals surface area contributed by atoms with Crippen molar-refractivity contribution in [3.8, 4) is 0 Å². The Morgan fingerprint density at radius 3 is 2.41 bits per heavy atom. The first-order valence-electron chi connectivity index (χ1n) is 6.91. The molecular weight excluding hydrogens is 304 g/mol. The molecule has 0 unspecified atom stereocenters. The van der Waals surface area contributed by atoms with Gasteiger partial charge in [-0.15, -0.1) is 0 Å². The fourth-order valence-corrected chi connectivity index (χ4v) is 3.42. The molecule has 1 aliphatic heterocycles. The summed E-state index contributed by atoms with van der Waals surface area (Å²) in [6.45, 7) is 5.44. The predicted octanol–water partition coefficient (Wildman–Crippen LogP) is 1.07. The first-order chi connectivity index (χ1) is 10.4. The number of hydrogen-bond acceptors (Lipinski definition) is 4. The van der Waals surface area contributed by atoms with E-state index in [2.05, 4.69) is 11.9 Å². The Balaban J connectivity index is 1.97. The number of rotatable bonds is 5. The van der Waals surface area contributed by atoms with Crippen molar-refractivity contribution in [1.82, 2.24) is 4.90 Å². The topological polar surface area (TPSA) is 83.6 Å². The fourth-order valence-electron chi connectivity index (χ4n) is 2.14. The lowest BCUT2D eigenvalue weighted by atomic mass is 10.1. The molecule has 2 amide bonds. The summed E-state index contributed by atoms with van der Waals surface area (Å²) in [4.78, 5) is 24.9. The highest BCUT2D eigenvalue weighted by Crippen LogP contribution is 2.20. The smallest absolute Gasteiger partial charge is 0.253 e. The normalized spacial score (nSPS) is 15.0. The summed E-state index contributed by atoms with van der Waals surface area (Å²) < 4.78 is 23.4. The second kappa shape index (κ2) is 6.31. The third-order valence-electron chi connectivity index (χ3n) is 3.63. The zero-order valence-electron chi connectivity index (χ0n) is 12.3. The number of hydrogen-bond donors (Lipinski definition) is 1. The third kappa shape index (κ3) is 3.36. The summed E-state index contributed by atoms with van der Waals surface area (Å²) in [6, 6.07) is 6.44. The van der Waals surface area contributed by atoms with Crippen LogP contribution in [0.25, 0.3) is 0 Å². The van der Waals surface area contributed by atoms with Crippen molar-refractivity contribution in [2.45, 2.75) is 12.2 Å². The Labute approximate surface area is 129 Å². The molecule has 0 aromatic heterocycles. The first kappa shape index (κ1) is 16.2. The number of likely N-dealkylation sites (tertiary alicyclic amines) is 1. The van der Waals surface area contributed by atoms with Crippen LogP contribution in [0.4, 0.5) is 5.69 Å². The van der Waals surface area contributed by atoms with Crippen LogP contribution in [0.15, 0.2) is 36.9 Å². The minimum absolute atomic E-state index is 0.0946. The van der Waals surface area contributed by atoms with Crippen molar-refractivity contribution in [2.75, 3.05) is 24.2 Å². The molecule has 1 heterocycles. The lowest BCUT2D eigenvalue weighted by Crippen LogP contribution is -2.57. The third-order valence-corrected chi connectivity index (χ3v) is 5.75. The fraction of sp³-hybridized carbons (Fsp3) is 0.333. The van der Waals surface area contributed by atoms with Gasteiger partial charge in [0.1, 0.15) is 0 Å². The maximum absolute atomic E-state index is 12.2. The zero-order chi connectivity index (χ0) is 16.3. The number of anilines is 1. The van der Waals surface area contributed by atoms with Gasteiger partial charge in [-0.3, -0.25) is 9.59 Å². The molecule has 0 spiro atoms. The van der Waals surface area contributed by atoms with Crippen molar-refractivity contribution in [2.24, 2.45) is 0 Å². The van der Waals surface area contributed by atoms with E-state index in [-0.39, 0.29) is 30.7 Å². The van der Waals surface area contributed by atoms with E-state index in [4.69, 9.17) is 0 Å². The molecule has 7 heteroatoms. The average Bonchev–Trinajstić information content (AvgIpc) is 2.46. The Morgan fingerprint density at radius 2 is 1.91 bits per heavy atom. The number of benzene rings is 1. The summed E-state index contributed by atoms with van der Waals surface area (Å²) in [5, 5.41) is 2.14. The maximum Gasteiger partial charge on any atom is 0.253 e. The van der Waals surface area contributed by atoms with E-state index in [0.717, 1.165) is 6.08 Å². The highest BCUT2D eigenvalue weighted by atomic mass is 32.2. The van der Waals surface area contributed by atoms with Gasteiger partial charge >= 0.3 is 0 Å². The Hall–Kier alpha value is -2.15. The summed E-state index contributed by atoms with van der Waals surface area (Å²) in [5.74, 6) is -0.434. The van der Waals surface area contributed by atoms with E-state index in [1.165, 1.54) is 4.90 Å². The van der Waals surface area contributed by atoms with E-state index in [0.29, 0.717) is 11.3 Å². The van der Waals surface area contributed by atoms with Gasteiger partial charge in [0.2, 0.25) is 5.91 Å². The largest absolute Gasteiger partial charge is 0.336 e. The Kier molecular flexibility index (Phi) is 4.65. The Morgan fingerprint density at radius 1 is 1.32 bits per heavy atom. The van der Waals surface area contributed by atoms with Crippen LogP contribution in [-0.4, -0.2) is 49.2 Å². The quantitative estimate of drug-likeness (QED) is 0.822. The number of nitrogens with one attached hydrogen (secondary N) is 1.